The largest absolute Gasteiger partial charge is 0.307 e. The second kappa shape index (κ2) is 6.87. The number of H-pyrrole nitrogens is 1. The van der Waals surface area contributed by atoms with E-state index in [9.17, 15) is 4.79 Å². The molecule has 0 atom stereocenters. The molecular weight excluding hydrogens is 336 g/mol. The van der Waals surface area contributed by atoms with Crippen molar-refractivity contribution in [1.29, 1.82) is 0 Å². The van der Waals surface area contributed by atoms with E-state index in [0.29, 0.717) is 17.1 Å². The minimum Gasteiger partial charge on any atom is -0.307 e. The van der Waals surface area contributed by atoms with Crippen LogP contribution in [0.25, 0.3) is 11.0 Å². The van der Waals surface area contributed by atoms with Gasteiger partial charge in [0.25, 0.3) is 0 Å². The monoisotopic (exact) mass is 356 g/mol. The Balaban J connectivity index is 1.53. The number of aromatic nitrogens is 5. The molecule has 0 bridgehead atoms. The van der Waals surface area contributed by atoms with Gasteiger partial charge in [-0.25, -0.2) is 9.97 Å². The van der Waals surface area contributed by atoms with Crippen molar-refractivity contribution in [3.05, 3.63) is 30.1 Å². The second-order valence-corrected chi connectivity index (χ2v) is 7.22. The number of hydrogen-bond donors (Lipinski definition) is 2. The summed E-state index contributed by atoms with van der Waals surface area (Å²) >= 11 is 1.31. The van der Waals surface area contributed by atoms with Crippen LogP contribution in [0.15, 0.2) is 29.4 Å². The van der Waals surface area contributed by atoms with Crippen molar-refractivity contribution in [3.8, 4) is 0 Å². The highest BCUT2D eigenvalue weighted by molar-refractivity contribution is 7.99. The van der Waals surface area contributed by atoms with E-state index in [2.05, 4.69) is 36.1 Å². The molecule has 7 nitrogen and oxygen atoms in total. The zero-order chi connectivity index (χ0) is 17.2. The first kappa shape index (κ1) is 16.1. The van der Waals surface area contributed by atoms with Gasteiger partial charge in [0.05, 0.1) is 16.8 Å². The van der Waals surface area contributed by atoms with Gasteiger partial charge in [-0.3, -0.25) is 15.2 Å². The Labute approximate surface area is 149 Å². The molecule has 4 rings (SSSR count). The van der Waals surface area contributed by atoms with E-state index < -0.39 is 0 Å². The summed E-state index contributed by atoms with van der Waals surface area (Å²) in [5, 5.41) is 10.4. The number of nitrogens with one attached hydrogen (secondary N) is 2. The van der Waals surface area contributed by atoms with Crippen LogP contribution in [0, 0.1) is 6.92 Å². The lowest BCUT2D eigenvalue weighted by Crippen LogP contribution is -2.19. The molecule has 2 aromatic heterocycles. The summed E-state index contributed by atoms with van der Waals surface area (Å²) < 4.78 is 2.20. The molecule has 0 aliphatic heterocycles. The van der Waals surface area contributed by atoms with Crippen LogP contribution in [0.2, 0.25) is 0 Å². The summed E-state index contributed by atoms with van der Waals surface area (Å²) in [5.74, 6) is 1.54. The number of aromatic amines is 1. The summed E-state index contributed by atoms with van der Waals surface area (Å²) in [5.41, 5.74) is 2.00. The highest BCUT2D eigenvalue weighted by Crippen LogP contribution is 2.35. The molecule has 0 radical (unpaired) electrons. The van der Waals surface area contributed by atoms with Crippen molar-refractivity contribution in [2.75, 3.05) is 11.1 Å². The summed E-state index contributed by atoms with van der Waals surface area (Å²) in [4.78, 5) is 21.2. The summed E-state index contributed by atoms with van der Waals surface area (Å²) in [6.07, 6.45) is 4.72. The fourth-order valence-electron chi connectivity index (χ4n) is 3.34. The number of fused-ring (bicyclic) bond motifs is 1. The molecule has 0 spiro atoms. The maximum Gasteiger partial charge on any atom is 0.237 e. The van der Waals surface area contributed by atoms with Crippen LogP contribution in [0.5, 0.6) is 0 Å². The van der Waals surface area contributed by atoms with Crippen molar-refractivity contribution in [2.45, 2.75) is 43.8 Å². The Hall–Kier alpha value is -2.35. The van der Waals surface area contributed by atoms with Gasteiger partial charge in [-0.05, 0) is 31.9 Å². The van der Waals surface area contributed by atoms with Gasteiger partial charge < -0.3 is 4.57 Å². The fraction of sp³-hybridized carbons (Fsp3) is 0.412. The summed E-state index contributed by atoms with van der Waals surface area (Å²) in [6, 6.07) is 8.46. The molecule has 1 fully saturated rings. The third kappa shape index (κ3) is 3.39. The molecule has 0 saturated heterocycles. The van der Waals surface area contributed by atoms with Crippen molar-refractivity contribution >= 4 is 34.7 Å². The molecule has 1 aliphatic rings. The SMILES string of the molecule is Cc1nc(SCC(=O)Nc2nc3ccccc3n2C2CCCC2)n[nH]1. The summed E-state index contributed by atoms with van der Waals surface area (Å²) in [7, 11) is 0. The molecule has 25 heavy (non-hydrogen) atoms. The molecular formula is C17H20N6OS. The second-order valence-electron chi connectivity index (χ2n) is 6.27. The van der Waals surface area contributed by atoms with Gasteiger partial charge in [0, 0.05) is 6.04 Å². The van der Waals surface area contributed by atoms with Crippen LogP contribution in [0.3, 0.4) is 0 Å². The van der Waals surface area contributed by atoms with Crippen LogP contribution in [0.1, 0.15) is 37.5 Å². The zero-order valence-electron chi connectivity index (χ0n) is 14.0. The van der Waals surface area contributed by atoms with Crippen LogP contribution in [-0.2, 0) is 4.79 Å². The number of benzene rings is 1. The summed E-state index contributed by atoms with van der Waals surface area (Å²) in [6.45, 7) is 1.83. The molecule has 1 amide bonds. The van der Waals surface area contributed by atoms with Gasteiger partial charge in [0.2, 0.25) is 17.0 Å². The molecule has 1 aromatic carbocycles. The van der Waals surface area contributed by atoms with Crippen molar-refractivity contribution in [2.24, 2.45) is 0 Å². The van der Waals surface area contributed by atoms with Crippen molar-refractivity contribution in [3.63, 3.8) is 0 Å². The first-order chi connectivity index (χ1) is 12.2. The molecule has 3 aromatic rings. The quantitative estimate of drug-likeness (QED) is 0.685. The number of carbonyl (C=O) groups is 1. The van der Waals surface area contributed by atoms with Crippen LogP contribution < -0.4 is 5.32 Å². The van der Waals surface area contributed by atoms with Gasteiger partial charge in [-0.2, -0.15) is 0 Å². The predicted octanol–water partition coefficient (Wildman–Crippen LogP) is 3.31. The zero-order valence-corrected chi connectivity index (χ0v) is 14.8. The number of anilines is 1. The number of imidazole rings is 1. The van der Waals surface area contributed by atoms with Gasteiger partial charge in [-0.15, -0.1) is 5.10 Å². The number of nitrogens with zero attached hydrogens (tertiary/aromatic N) is 4. The Morgan fingerprint density at radius 3 is 2.88 bits per heavy atom. The molecule has 2 heterocycles. The normalized spacial score (nSPS) is 15.1. The maximum atomic E-state index is 12.4. The lowest BCUT2D eigenvalue weighted by Gasteiger charge is -2.16. The number of amides is 1. The van der Waals surface area contributed by atoms with Crippen molar-refractivity contribution in [1.82, 2.24) is 24.7 Å². The lowest BCUT2D eigenvalue weighted by atomic mass is 10.2. The van der Waals surface area contributed by atoms with Gasteiger partial charge >= 0.3 is 0 Å². The fourth-order valence-corrected chi connectivity index (χ4v) is 3.99. The lowest BCUT2D eigenvalue weighted by molar-refractivity contribution is -0.113. The average molecular weight is 356 g/mol. The smallest absolute Gasteiger partial charge is 0.237 e. The van der Waals surface area contributed by atoms with Gasteiger partial charge in [0.1, 0.15) is 5.82 Å². The number of hydrogen-bond acceptors (Lipinski definition) is 5. The number of aryl methyl sites for hydroxylation is 1. The minimum atomic E-state index is -0.0954. The predicted molar refractivity (Wildman–Crippen MR) is 97.7 cm³/mol. The molecule has 130 valence electrons. The van der Waals surface area contributed by atoms with Crippen LogP contribution in [0.4, 0.5) is 5.95 Å². The highest BCUT2D eigenvalue weighted by atomic mass is 32.2. The van der Waals surface area contributed by atoms with Gasteiger partial charge in [-0.1, -0.05) is 36.7 Å². The molecule has 2 N–H and O–H groups in total. The Morgan fingerprint density at radius 1 is 1.32 bits per heavy atom. The molecule has 1 aliphatic carbocycles. The average Bonchev–Trinajstić information content (AvgIpc) is 3.32. The first-order valence-electron chi connectivity index (χ1n) is 8.49. The maximum absolute atomic E-state index is 12.4. The third-order valence-electron chi connectivity index (χ3n) is 4.45. The number of thioether (sulfide) groups is 1. The standard InChI is InChI=1S/C17H20N6OS/c1-11-18-17(22-21-11)25-10-15(24)20-16-19-13-8-4-5-9-14(13)23(16)12-6-2-3-7-12/h4-5,8-9,12H,2-3,6-7,10H2,1H3,(H,18,21,22)(H,19,20,24). The number of carbonyl (C=O) groups excluding carboxylic acids is 1. The molecule has 1 saturated carbocycles. The Bertz CT molecular complexity index is 896. The number of para-hydroxylation sites is 2. The van der Waals surface area contributed by atoms with E-state index in [1.54, 1.807) is 0 Å². The van der Waals surface area contributed by atoms with Gasteiger partial charge in [0.15, 0.2) is 0 Å². The van der Waals surface area contributed by atoms with E-state index in [1.807, 2.05) is 25.1 Å². The van der Waals surface area contributed by atoms with Crippen molar-refractivity contribution < 1.29 is 4.79 Å². The van der Waals surface area contributed by atoms with E-state index in [-0.39, 0.29) is 11.7 Å². The Kier molecular flexibility index (Phi) is 4.44. The molecule has 0 unspecified atom stereocenters. The van der Waals surface area contributed by atoms with E-state index in [1.165, 1.54) is 24.6 Å². The Morgan fingerprint density at radius 2 is 2.12 bits per heavy atom. The first-order valence-corrected chi connectivity index (χ1v) is 9.48. The minimum absolute atomic E-state index is 0.0954. The van der Waals surface area contributed by atoms with E-state index >= 15 is 0 Å². The molecule has 8 heteroatoms. The third-order valence-corrected chi connectivity index (χ3v) is 5.29. The highest BCUT2D eigenvalue weighted by Gasteiger charge is 2.23. The van der Waals surface area contributed by atoms with E-state index in [4.69, 9.17) is 0 Å². The van der Waals surface area contributed by atoms with Crippen LogP contribution >= 0.6 is 11.8 Å². The van der Waals surface area contributed by atoms with Crippen LogP contribution in [-0.4, -0.2) is 36.4 Å². The topological polar surface area (TPSA) is 88.5 Å². The van der Waals surface area contributed by atoms with E-state index in [0.717, 1.165) is 29.7 Å². The number of rotatable bonds is 5.